The molecular formula is C20H19N5O3S. The number of amides is 1. The van der Waals surface area contributed by atoms with E-state index in [1.807, 2.05) is 54.1 Å². The minimum Gasteiger partial charge on any atom is -0.497 e. The van der Waals surface area contributed by atoms with Crippen molar-refractivity contribution in [3.8, 4) is 11.5 Å². The Kier molecular flexibility index (Phi) is 5.22. The normalized spacial score (nSPS) is 17.3. The van der Waals surface area contributed by atoms with Gasteiger partial charge >= 0.3 is 0 Å². The molecule has 0 saturated carbocycles. The zero-order chi connectivity index (χ0) is 20.4. The van der Waals surface area contributed by atoms with Crippen LogP contribution < -0.4 is 9.47 Å². The molecule has 0 unspecified atom stereocenters. The van der Waals surface area contributed by atoms with Crippen LogP contribution in [-0.4, -0.2) is 45.2 Å². The number of hydrazone groups is 1. The van der Waals surface area contributed by atoms with Crippen LogP contribution in [0.5, 0.6) is 11.5 Å². The number of nitrogens with one attached hydrogen (secondary N) is 1. The third-order valence-electron chi connectivity index (χ3n) is 4.35. The number of rotatable bonds is 6. The van der Waals surface area contributed by atoms with Gasteiger partial charge in [0.15, 0.2) is 5.84 Å². The maximum Gasteiger partial charge on any atom is 0.283 e. The summed E-state index contributed by atoms with van der Waals surface area (Å²) in [5, 5.41) is 15.2. The van der Waals surface area contributed by atoms with E-state index in [4.69, 9.17) is 14.9 Å². The second-order valence-corrected chi connectivity index (χ2v) is 7.45. The fourth-order valence-corrected chi connectivity index (χ4v) is 3.68. The van der Waals surface area contributed by atoms with Gasteiger partial charge in [-0.3, -0.25) is 10.2 Å². The molecule has 3 heterocycles. The number of methoxy groups -OCH3 is 1. The summed E-state index contributed by atoms with van der Waals surface area (Å²) in [6.45, 7) is 2.84. The van der Waals surface area contributed by atoms with Gasteiger partial charge in [0.2, 0.25) is 5.17 Å². The lowest BCUT2D eigenvalue weighted by Crippen LogP contribution is -2.35. The van der Waals surface area contributed by atoms with Gasteiger partial charge < -0.3 is 14.0 Å². The van der Waals surface area contributed by atoms with E-state index >= 15 is 0 Å². The van der Waals surface area contributed by atoms with E-state index in [2.05, 4.69) is 10.1 Å². The Labute approximate surface area is 172 Å². The first-order chi connectivity index (χ1) is 14.0. The lowest BCUT2D eigenvalue weighted by Gasteiger charge is -2.20. The Morgan fingerprint density at radius 1 is 1.24 bits per heavy atom. The van der Waals surface area contributed by atoms with Crippen LogP contribution in [0.25, 0.3) is 6.08 Å². The molecule has 1 N–H and O–H groups in total. The number of benzene rings is 1. The molecule has 29 heavy (non-hydrogen) atoms. The number of nitrogens with zero attached hydrogens (tertiary/aromatic N) is 4. The van der Waals surface area contributed by atoms with Gasteiger partial charge in [-0.25, -0.2) is 0 Å². The highest BCUT2D eigenvalue weighted by atomic mass is 32.2. The second kappa shape index (κ2) is 7.96. The molecule has 148 valence electrons. The van der Waals surface area contributed by atoms with Crippen molar-refractivity contribution in [3.63, 3.8) is 0 Å². The number of ether oxygens (including phenoxy) is 2. The van der Waals surface area contributed by atoms with Crippen molar-refractivity contribution < 1.29 is 14.3 Å². The lowest BCUT2D eigenvalue weighted by molar-refractivity contribution is -0.114. The first-order valence-electron chi connectivity index (χ1n) is 8.94. The molecule has 0 saturated heterocycles. The Morgan fingerprint density at radius 2 is 2.07 bits per heavy atom. The Balaban J connectivity index is 1.48. The summed E-state index contributed by atoms with van der Waals surface area (Å²) in [5.41, 5.74) is 1.00. The van der Waals surface area contributed by atoms with Crippen molar-refractivity contribution in [2.75, 3.05) is 13.7 Å². The molecule has 1 aromatic heterocycles. The molecule has 0 bridgehead atoms. The molecule has 0 aliphatic carbocycles. The number of thioether (sulfide) groups is 1. The summed E-state index contributed by atoms with van der Waals surface area (Å²) < 4.78 is 13.0. The van der Waals surface area contributed by atoms with Crippen molar-refractivity contribution in [2.45, 2.75) is 13.5 Å². The van der Waals surface area contributed by atoms with Crippen LogP contribution in [0.4, 0.5) is 0 Å². The maximum absolute atomic E-state index is 12.4. The number of carbonyl (C=O) groups excluding carboxylic acids is 1. The molecule has 0 atom stereocenters. The zero-order valence-electron chi connectivity index (χ0n) is 16.0. The van der Waals surface area contributed by atoms with Gasteiger partial charge in [0, 0.05) is 18.0 Å². The lowest BCUT2D eigenvalue weighted by atomic mass is 10.1. The van der Waals surface area contributed by atoms with E-state index in [1.165, 1.54) is 16.8 Å². The summed E-state index contributed by atoms with van der Waals surface area (Å²) in [6.07, 6.45) is 3.57. The SMILES string of the molecule is COc1cccc(OCCn2cccc2C=C2C(=N)N3N=C(C)SC3=NC2=O)c1. The molecule has 0 radical (unpaired) electrons. The van der Waals surface area contributed by atoms with Crippen molar-refractivity contribution in [2.24, 2.45) is 10.1 Å². The Hall–Kier alpha value is -3.33. The van der Waals surface area contributed by atoms with Crippen molar-refractivity contribution in [1.29, 1.82) is 5.41 Å². The first-order valence-corrected chi connectivity index (χ1v) is 9.75. The Bertz CT molecular complexity index is 1070. The highest BCUT2D eigenvalue weighted by Gasteiger charge is 2.34. The minimum atomic E-state index is -0.431. The van der Waals surface area contributed by atoms with Crippen molar-refractivity contribution in [3.05, 3.63) is 53.9 Å². The van der Waals surface area contributed by atoms with Crippen LogP contribution in [0.3, 0.4) is 0 Å². The first kappa shape index (κ1) is 19.0. The van der Waals surface area contributed by atoms with Gasteiger partial charge in [0.05, 0.1) is 24.3 Å². The summed E-state index contributed by atoms with van der Waals surface area (Å²) in [4.78, 5) is 16.5. The molecule has 0 fully saturated rings. The number of carbonyl (C=O) groups is 1. The average Bonchev–Trinajstić information content (AvgIpc) is 3.31. The number of aliphatic imine (C=N–C) groups is 1. The molecule has 8 nitrogen and oxygen atoms in total. The number of hydrogen-bond donors (Lipinski definition) is 1. The second-order valence-electron chi connectivity index (χ2n) is 6.29. The molecule has 1 amide bonds. The van der Waals surface area contributed by atoms with Gasteiger partial charge in [-0.05, 0) is 49.0 Å². The van der Waals surface area contributed by atoms with Gasteiger partial charge in [0.1, 0.15) is 18.1 Å². The Morgan fingerprint density at radius 3 is 2.90 bits per heavy atom. The highest BCUT2D eigenvalue weighted by molar-refractivity contribution is 8.26. The van der Waals surface area contributed by atoms with Crippen LogP contribution in [0.2, 0.25) is 0 Å². The molecular weight excluding hydrogens is 390 g/mol. The summed E-state index contributed by atoms with van der Waals surface area (Å²) in [7, 11) is 1.61. The molecule has 2 aliphatic rings. The quantitative estimate of drug-likeness (QED) is 0.740. The van der Waals surface area contributed by atoms with Crippen LogP contribution >= 0.6 is 11.8 Å². The topological polar surface area (TPSA) is 92.3 Å². The smallest absolute Gasteiger partial charge is 0.283 e. The van der Waals surface area contributed by atoms with E-state index in [0.717, 1.165) is 22.2 Å². The number of amidine groups is 2. The zero-order valence-corrected chi connectivity index (χ0v) is 16.8. The summed E-state index contributed by atoms with van der Waals surface area (Å²) in [6, 6.07) is 11.2. The van der Waals surface area contributed by atoms with Crippen molar-refractivity contribution in [1.82, 2.24) is 9.58 Å². The van der Waals surface area contributed by atoms with Crippen molar-refractivity contribution >= 4 is 39.8 Å². The van der Waals surface area contributed by atoms with Gasteiger partial charge in [-0.2, -0.15) is 15.1 Å². The minimum absolute atomic E-state index is 0.0322. The summed E-state index contributed by atoms with van der Waals surface area (Å²) in [5.74, 6) is 1.06. The molecule has 1 aromatic carbocycles. The molecule has 2 aliphatic heterocycles. The predicted molar refractivity (Wildman–Crippen MR) is 114 cm³/mol. The highest BCUT2D eigenvalue weighted by Crippen LogP contribution is 2.28. The van der Waals surface area contributed by atoms with E-state index < -0.39 is 5.91 Å². The molecule has 0 spiro atoms. The molecule has 2 aromatic rings. The standard InChI is InChI=1S/C20H19N5O3S/c1-13-23-25-18(21)17(19(26)22-20(25)29-13)11-14-5-4-8-24(14)9-10-28-16-7-3-6-15(12-16)27-2/h3-8,11-12,21H,9-10H2,1-2H3. The van der Waals surface area contributed by atoms with E-state index in [-0.39, 0.29) is 11.4 Å². The van der Waals surface area contributed by atoms with E-state index in [0.29, 0.717) is 18.3 Å². The number of hydrogen-bond acceptors (Lipinski definition) is 6. The predicted octanol–water partition coefficient (Wildman–Crippen LogP) is 3.21. The van der Waals surface area contributed by atoms with Gasteiger partial charge in [0.25, 0.3) is 5.91 Å². The van der Waals surface area contributed by atoms with Gasteiger partial charge in [-0.15, -0.1) is 0 Å². The number of aromatic nitrogens is 1. The maximum atomic E-state index is 12.4. The third-order valence-corrected chi connectivity index (χ3v) is 5.18. The fourth-order valence-electron chi connectivity index (χ4n) is 2.95. The fraction of sp³-hybridized carbons (Fsp3) is 0.200. The van der Waals surface area contributed by atoms with E-state index in [9.17, 15) is 4.79 Å². The third kappa shape index (κ3) is 3.95. The number of fused-ring (bicyclic) bond motifs is 1. The van der Waals surface area contributed by atoms with Gasteiger partial charge in [-0.1, -0.05) is 6.07 Å². The molecule has 4 rings (SSSR count). The monoisotopic (exact) mass is 409 g/mol. The van der Waals surface area contributed by atoms with Crippen LogP contribution in [0, 0.1) is 5.41 Å². The van der Waals surface area contributed by atoms with Crippen LogP contribution in [0.1, 0.15) is 12.6 Å². The van der Waals surface area contributed by atoms with Crippen LogP contribution in [-0.2, 0) is 11.3 Å². The summed E-state index contributed by atoms with van der Waals surface area (Å²) >= 11 is 1.29. The van der Waals surface area contributed by atoms with Crippen LogP contribution in [0.15, 0.2) is 58.3 Å². The van der Waals surface area contributed by atoms with E-state index in [1.54, 1.807) is 13.2 Å². The molecule has 9 heteroatoms. The largest absolute Gasteiger partial charge is 0.497 e. The average molecular weight is 409 g/mol.